The fourth-order valence-corrected chi connectivity index (χ4v) is 7.57. The number of hydrogen-bond donors (Lipinski definition) is 0. The molecule has 2 bridgehead atoms. The van der Waals surface area contributed by atoms with Gasteiger partial charge in [0.15, 0.2) is 0 Å². The van der Waals surface area contributed by atoms with Gasteiger partial charge in [-0.05, 0) is 37.0 Å². The van der Waals surface area contributed by atoms with Crippen molar-refractivity contribution in [3.05, 3.63) is 18.6 Å². The highest BCUT2D eigenvalue weighted by Crippen LogP contribution is 2.64. The molecule has 3 fully saturated rings. The van der Waals surface area contributed by atoms with Crippen molar-refractivity contribution in [2.24, 2.45) is 16.7 Å². The Bertz CT molecular complexity index is 827. The van der Waals surface area contributed by atoms with Crippen LogP contribution in [0.1, 0.15) is 46.0 Å². The van der Waals surface area contributed by atoms with Crippen LogP contribution in [0.3, 0.4) is 0 Å². The largest absolute Gasteiger partial charge is 0.473 e. The van der Waals surface area contributed by atoms with E-state index in [0.29, 0.717) is 37.7 Å². The first kappa shape index (κ1) is 18.8. The number of hydrogen-bond acceptors (Lipinski definition) is 6. The predicted molar refractivity (Wildman–Crippen MR) is 99.6 cm³/mol. The van der Waals surface area contributed by atoms with E-state index >= 15 is 0 Å². The van der Waals surface area contributed by atoms with Gasteiger partial charge < -0.3 is 4.74 Å². The standard InChI is InChI=1S/C19H27N3O4S/c1-18(2)14-5-7-19(18,16(23)10-14)12-27(24,25)22-9-3-4-15(11-22)26-17-6-8-20-13-21-17/h6,8,13-15H,3-5,7,9-12H2,1-2H3. The Balaban J connectivity index is 1.49. The van der Waals surface area contributed by atoms with Crippen molar-refractivity contribution in [3.8, 4) is 5.88 Å². The highest BCUT2D eigenvalue weighted by molar-refractivity contribution is 7.89. The summed E-state index contributed by atoms with van der Waals surface area (Å²) in [4.78, 5) is 20.6. The van der Waals surface area contributed by atoms with Gasteiger partial charge in [-0.25, -0.2) is 18.4 Å². The molecule has 0 aromatic carbocycles. The molecule has 0 radical (unpaired) electrons. The van der Waals surface area contributed by atoms with Crippen LogP contribution >= 0.6 is 0 Å². The van der Waals surface area contributed by atoms with Crippen molar-refractivity contribution in [1.29, 1.82) is 0 Å². The van der Waals surface area contributed by atoms with E-state index in [9.17, 15) is 13.2 Å². The fraction of sp³-hybridized carbons (Fsp3) is 0.737. The molecule has 1 aromatic rings. The number of sulfonamides is 1. The Kier molecular flexibility index (Phi) is 4.54. The zero-order chi connectivity index (χ0) is 19.3. The van der Waals surface area contributed by atoms with Gasteiger partial charge >= 0.3 is 0 Å². The van der Waals surface area contributed by atoms with Crippen molar-refractivity contribution in [3.63, 3.8) is 0 Å². The highest BCUT2D eigenvalue weighted by atomic mass is 32.2. The third-order valence-corrected chi connectivity index (χ3v) is 9.12. The SMILES string of the molecule is CC1(C)C2CCC1(CS(=O)(=O)N1CCCC(Oc3ccncn3)C1)C(=O)C2. The molecule has 1 aliphatic heterocycles. The number of ether oxygens (including phenoxy) is 1. The minimum atomic E-state index is -3.54. The minimum Gasteiger partial charge on any atom is -0.473 e. The molecule has 4 rings (SSSR count). The van der Waals surface area contributed by atoms with Crippen LogP contribution in [0.25, 0.3) is 0 Å². The number of carbonyl (C=O) groups is 1. The number of Topliss-reactive ketones (excluding diaryl/α,β-unsaturated/α-hetero) is 1. The number of aromatic nitrogens is 2. The smallest absolute Gasteiger partial charge is 0.216 e. The molecule has 2 heterocycles. The molecule has 27 heavy (non-hydrogen) atoms. The zero-order valence-electron chi connectivity index (χ0n) is 15.9. The molecular weight excluding hydrogens is 366 g/mol. The highest BCUT2D eigenvalue weighted by Gasteiger charge is 2.65. The Morgan fingerprint density at radius 2 is 2.15 bits per heavy atom. The molecule has 3 aliphatic rings. The van der Waals surface area contributed by atoms with Crippen LogP contribution in [0.4, 0.5) is 0 Å². The van der Waals surface area contributed by atoms with Crippen molar-refractivity contribution in [2.45, 2.75) is 52.1 Å². The summed E-state index contributed by atoms with van der Waals surface area (Å²) < 4.78 is 33.9. The second-order valence-corrected chi connectivity index (χ2v) is 10.7. The van der Waals surface area contributed by atoms with E-state index in [1.165, 1.54) is 10.6 Å². The van der Waals surface area contributed by atoms with Crippen LogP contribution in [-0.4, -0.2) is 53.4 Å². The Morgan fingerprint density at radius 3 is 2.78 bits per heavy atom. The van der Waals surface area contributed by atoms with E-state index in [0.717, 1.165) is 19.3 Å². The third kappa shape index (κ3) is 3.06. The lowest BCUT2D eigenvalue weighted by Gasteiger charge is -2.39. The Morgan fingerprint density at radius 1 is 1.33 bits per heavy atom. The summed E-state index contributed by atoms with van der Waals surface area (Å²) in [5, 5.41) is 0. The molecule has 1 aromatic heterocycles. The third-order valence-electron chi connectivity index (χ3n) is 7.14. The summed E-state index contributed by atoms with van der Waals surface area (Å²) in [6.45, 7) is 4.94. The number of rotatable bonds is 5. The topological polar surface area (TPSA) is 89.5 Å². The molecule has 3 unspecified atom stereocenters. The first-order valence-corrected chi connectivity index (χ1v) is 11.3. The van der Waals surface area contributed by atoms with Gasteiger partial charge in [0.2, 0.25) is 15.9 Å². The summed E-state index contributed by atoms with van der Waals surface area (Å²) in [6.07, 6.45) is 6.48. The maximum atomic E-state index is 13.2. The normalized spacial score (nSPS) is 33.3. The van der Waals surface area contributed by atoms with Crippen LogP contribution < -0.4 is 4.74 Å². The summed E-state index contributed by atoms with van der Waals surface area (Å²) >= 11 is 0. The van der Waals surface area contributed by atoms with Gasteiger partial charge in [-0.2, -0.15) is 4.31 Å². The summed E-state index contributed by atoms with van der Waals surface area (Å²) in [5.74, 6) is 0.842. The van der Waals surface area contributed by atoms with Crippen LogP contribution in [0.2, 0.25) is 0 Å². The van der Waals surface area contributed by atoms with E-state index in [1.807, 2.05) is 0 Å². The van der Waals surface area contributed by atoms with Gasteiger partial charge in [-0.15, -0.1) is 0 Å². The quantitative estimate of drug-likeness (QED) is 0.761. The average Bonchev–Trinajstić information content (AvgIpc) is 2.97. The zero-order valence-corrected chi connectivity index (χ0v) is 16.7. The second kappa shape index (κ2) is 6.51. The van der Waals surface area contributed by atoms with Gasteiger partial charge in [0, 0.05) is 30.6 Å². The Labute approximate surface area is 160 Å². The molecular formula is C19H27N3O4S. The summed E-state index contributed by atoms with van der Waals surface area (Å²) in [7, 11) is -3.54. The molecule has 2 saturated carbocycles. The molecule has 148 valence electrons. The second-order valence-electron chi connectivity index (χ2n) is 8.71. The maximum absolute atomic E-state index is 13.2. The van der Waals surface area contributed by atoms with Gasteiger partial charge in [0.25, 0.3) is 0 Å². The van der Waals surface area contributed by atoms with Crippen LogP contribution in [0.5, 0.6) is 5.88 Å². The fourth-order valence-electron chi connectivity index (χ4n) is 5.28. The summed E-state index contributed by atoms with van der Waals surface area (Å²) in [6, 6.07) is 1.67. The minimum absolute atomic E-state index is 0.0669. The van der Waals surface area contributed by atoms with E-state index in [2.05, 4.69) is 23.8 Å². The number of piperidine rings is 1. The molecule has 7 nitrogen and oxygen atoms in total. The van der Waals surface area contributed by atoms with Gasteiger partial charge in [-0.1, -0.05) is 13.8 Å². The van der Waals surface area contributed by atoms with Gasteiger partial charge in [0.05, 0.1) is 12.3 Å². The van der Waals surface area contributed by atoms with E-state index in [4.69, 9.17) is 4.74 Å². The van der Waals surface area contributed by atoms with E-state index < -0.39 is 15.4 Å². The lowest BCUT2D eigenvalue weighted by atomic mass is 9.70. The monoisotopic (exact) mass is 393 g/mol. The van der Waals surface area contributed by atoms with Crippen LogP contribution in [0.15, 0.2) is 18.6 Å². The molecule has 3 atom stereocenters. The number of nitrogens with zero attached hydrogens (tertiary/aromatic N) is 3. The van der Waals surface area contributed by atoms with Gasteiger partial charge in [-0.3, -0.25) is 4.79 Å². The molecule has 1 saturated heterocycles. The lowest BCUT2D eigenvalue weighted by molar-refractivity contribution is -0.128. The molecule has 0 amide bonds. The van der Waals surface area contributed by atoms with Gasteiger partial charge in [0.1, 0.15) is 18.2 Å². The van der Waals surface area contributed by atoms with Crippen LogP contribution in [0, 0.1) is 16.7 Å². The first-order chi connectivity index (χ1) is 12.7. The molecule has 0 N–H and O–H groups in total. The van der Waals surface area contributed by atoms with Crippen molar-refractivity contribution in [2.75, 3.05) is 18.8 Å². The lowest BCUT2D eigenvalue weighted by Crippen LogP contribution is -2.50. The van der Waals surface area contributed by atoms with Crippen LogP contribution in [-0.2, 0) is 14.8 Å². The first-order valence-electron chi connectivity index (χ1n) is 9.68. The predicted octanol–water partition coefficient (Wildman–Crippen LogP) is 2.04. The number of ketones is 1. The van der Waals surface area contributed by atoms with Crippen molar-refractivity contribution in [1.82, 2.24) is 14.3 Å². The molecule has 2 aliphatic carbocycles. The summed E-state index contributed by atoms with van der Waals surface area (Å²) in [5.41, 5.74) is -0.971. The Hall–Kier alpha value is -1.54. The van der Waals surface area contributed by atoms with E-state index in [1.54, 1.807) is 12.3 Å². The maximum Gasteiger partial charge on any atom is 0.216 e. The van der Waals surface area contributed by atoms with Crippen molar-refractivity contribution >= 4 is 15.8 Å². The van der Waals surface area contributed by atoms with E-state index in [-0.39, 0.29) is 23.1 Å². The molecule has 8 heteroatoms. The number of carbonyl (C=O) groups excluding carboxylic acids is 1. The average molecular weight is 394 g/mol. The van der Waals surface area contributed by atoms with Crippen molar-refractivity contribution < 1.29 is 17.9 Å². The number of fused-ring (bicyclic) bond motifs is 2. The molecule has 0 spiro atoms.